The minimum atomic E-state index is -0.449. The lowest BCUT2D eigenvalue weighted by atomic mass is 10.00. The lowest BCUT2D eigenvalue weighted by molar-refractivity contribution is 0.629. The number of rotatable bonds is 2. The van der Waals surface area contributed by atoms with Gasteiger partial charge < -0.3 is 5.73 Å². The number of halogens is 1. The topological polar surface area (TPSA) is 51.8 Å². The first-order valence-electron chi connectivity index (χ1n) is 7.07. The number of benzene rings is 1. The van der Waals surface area contributed by atoms with Gasteiger partial charge in [0, 0.05) is 34.6 Å². The molecule has 4 heteroatoms. The Bertz CT molecular complexity index is 931. The number of hydrogen-bond acceptors (Lipinski definition) is 3. The van der Waals surface area contributed by atoms with E-state index in [0.717, 1.165) is 0 Å². The quantitative estimate of drug-likeness (QED) is 0.582. The Morgan fingerprint density at radius 2 is 1.29 bits per heavy atom. The number of pyridine rings is 2. The molecule has 2 heterocycles. The lowest BCUT2D eigenvalue weighted by Crippen LogP contribution is -1.99. The molecule has 0 unspecified atom stereocenters. The van der Waals surface area contributed by atoms with Gasteiger partial charge in [-0.1, -0.05) is 11.8 Å². The van der Waals surface area contributed by atoms with Crippen LogP contribution < -0.4 is 5.73 Å². The molecule has 1 aromatic carbocycles. The van der Waals surface area contributed by atoms with E-state index in [0.29, 0.717) is 39.3 Å². The van der Waals surface area contributed by atoms with Gasteiger partial charge in [-0.15, -0.1) is 12.8 Å². The van der Waals surface area contributed by atoms with Gasteiger partial charge in [0.15, 0.2) is 0 Å². The molecule has 114 valence electrons. The van der Waals surface area contributed by atoms with E-state index in [2.05, 4.69) is 21.8 Å². The molecule has 0 spiro atoms. The van der Waals surface area contributed by atoms with Gasteiger partial charge in [0.2, 0.25) is 0 Å². The SMILES string of the molecule is C#Cc1ccnc(-c2cc(F)cc(-c3cc(C#C)ccn3)c2N)c1. The van der Waals surface area contributed by atoms with Crippen molar-refractivity contribution in [3.05, 3.63) is 65.7 Å². The zero-order valence-electron chi connectivity index (χ0n) is 12.6. The fourth-order valence-electron chi connectivity index (χ4n) is 2.38. The van der Waals surface area contributed by atoms with E-state index in [1.165, 1.54) is 12.1 Å². The molecule has 0 radical (unpaired) electrons. The van der Waals surface area contributed by atoms with E-state index in [-0.39, 0.29) is 0 Å². The van der Waals surface area contributed by atoms with Crippen LogP contribution in [0.4, 0.5) is 10.1 Å². The Hall–Kier alpha value is -3.63. The van der Waals surface area contributed by atoms with Crippen LogP contribution in [0.3, 0.4) is 0 Å². The fourth-order valence-corrected chi connectivity index (χ4v) is 2.38. The van der Waals surface area contributed by atoms with E-state index in [1.807, 2.05) is 0 Å². The maximum atomic E-state index is 14.2. The molecule has 0 fully saturated rings. The molecule has 3 aromatic rings. The second-order valence-electron chi connectivity index (χ2n) is 5.06. The van der Waals surface area contributed by atoms with Crippen molar-refractivity contribution in [2.75, 3.05) is 5.73 Å². The van der Waals surface area contributed by atoms with Gasteiger partial charge in [-0.2, -0.15) is 0 Å². The summed E-state index contributed by atoms with van der Waals surface area (Å²) in [6.45, 7) is 0. The zero-order valence-corrected chi connectivity index (χ0v) is 12.6. The largest absolute Gasteiger partial charge is 0.398 e. The lowest BCUT2D eigenvalue weighted by Gasteiger charge is -2.11. The summed E-state index contributed by atoms with van der Waals surface area (Å²) in [5.41, 5.74) is 9.79. The van der Waals surface area contributed by atoms with Gasteiger partial charge in [-0.05, 0) is 36.4 Å². The second-order valence-corrected chi connectivity index (χ2v) is 5.06. The van der Waals surface area contributed by atoms with Crippen LogP contribution in [-0.4, -0.2) is 9.97 Å². The van der Waals surface area contributed by atoms with Gasteiger partial charge >= 0.3 is 0 Å². The van der Waals surface area contributed by atoms with E-state index in [9.17, 15) is 4.39 Å². The third-order valence-electron chi connectivity index (χ3n) is 3.55. The second kappa shape index (κ2) is 6.24. The van der Waals surface area contributed by atoms with E-state index in [1.54, 1.807) is 36.7 Å². The normalized spacial score (nSPS) is 9.96. The highest BCUT2D eigenvalue weighted by Crippen LogP contribution is 2.34. The van der Waals surface area contributed by atoms with Crippen LogP contribution in [0.1, 0.15) is 11.1 Å². The first kappa shape index (κ1) is 15.3. The highest BCUT2D eigenvalue weighted by Gasteiger charge is 2.14. The third-order valence-corrected chi connectivity index (χ3v) is 3.55. The summed E-state index contributed by atoms with van der Waals surface area (Å²) in [6, 6.07) is 9.40. The summed E-state index contributed by atoms with van der Waals surface area (Å²) in [5, 5.41) is 0. The van der Waals surface area contributed by atoms with Crippen molar-refractivity contribution in [1.82, 2.24) is 9.97 Å². The molecule has 3 nitrogen and oxygen atoms in total. The molecule has 2 N–H and O–H groups in total. The molecule has 0 saturated heterocycles. The molecule has 0 aliphatic rings. The standard InChI is InChI=1S/C20H12FN3/c1-3-13-5-7-23-18(9-13)16-11-15(21)12-17(20(16)22)19-10-14(4-2)6-8-24-19/h1-2,5-12H,22H2. The van der Waals surface area contributed by atoms with Gasteiger partial charge in [0.25, 0.3) is 0 Å². The summed E-state index contributed by atoms with van der Waals surface area (Å²) in [4.78, 5) is 8.47. The molecule has 0 bridgehead atoms. The van der Waals surface area contributed by atoms with Crippen molar-refractivity contribution in [3.8, 4) is 47.2 Å². The highest BCUT2D eigenvalue weighted by molar-refractivity contribution is 5.87. The molecule has 0 amide bonds. The van der Waals surface area contributed by atoms with Gasteiger partial charge in [-0.25, -0.2) is 4.39 Å². The maximum absolute atomic E-state index is 14.2. The Morgan fingerprint density at radius 1 is 0.833 bits per heavy atom. The monoisotopic (exact) mass is 313 g/mol. The number of hydrogen-bond donors (Lipinski definition) is 1. The van der Waals surface area contributed by atoms with Crippen molar-refractivity contribution in [3.63, 3.8) is 0 Å². The summed E-state index contributed by atoms with van der Waals surface area (Å²) >= 11 is 0. The molecule has 3 rings (SSSR count). The minimum Gasteiger partial charge on any atom is -0.398 e. The smallest absolute Gasteiger partial charge is 0.124 e. The van der Waals surface area contributed by atoms with Crippen molar-refractivity contribution in [2.24, 2.45) is 0 Å². The van der Waals surface area contributed by atoms with Gasteiger partial charge in [0.05, 0.1) is 17.1 Å². The van der Waals surface area contributed by atoms with Crippen LogP contribution in [-0.2, 0) is 0 Å². The zero-order chi connectivity index (χ0) is 17.1. The molecule has 0 aliphatic carbocycles. The average molecular weight is 313 g/mol. The molecule has 0 atom stereocenters. The molecular formula is C20H12FN3. The van der Waals surface area contributed by atoms with Crippen LogP contribution in [0.25, 0.3) is 22.5 Å². The van der Waals surface area contributed by atoms with Crippen molar-refractivity contribution in [2.45, 2.75) is 0 Å². The summed E-state index contributed by atoms with van der Waals surface area (Å²) < 4.78 is 14.2. The Balaban J connectivity index is 2.22. The van der Waals surface area contributed by atoms with E-state index in [4.69, 9.17) is 18.6 Å². The van der Waals surface area contributed by atoms with Crippen LogP contribution in [0, 0.1) is 30.5 Å². The van der Waals surface area contributed by atoms with Crippen LogP contribution >= 0.6 is 0 Å². The summed E-state index contributed by atoms with van der Waals surface area (Å²) in [7, 11) is 0. The Morgan fingerprint density at radius 3 is 1.71 bits per heavy atom. The van der Waals surface area contributed by atoms with Crippen LogP contribution in [0.5, 0.6) is 0 Å². The Kier molecular flexibility index (Phi) is 3.97. The summed E-state index contributed by atoms with van der Waals surface area (Å²) in [5.74, 6) is 4.60. The van der Waals surface area contributed by atoms with Gasteiger partial charge in [-0.3, -0.25) is 9.97 Å². The highest BCUT2D eigenvalue weighted by atomic mass is 19.1. The first-order chi connectivity index (χ1) is 11.6. The number of terminal acetylenes is 2. The number of anilines is 1. The molecule has 0 saturated carbocycles. The van der Waals surface area contributed by atoms with Crippen molar-refractivity contribution < 1.29 is 4.39 Å². The number of nitrogens with two attached hydrogens (primary N) is 1. The fraction of sp³-hybridized carbons (Fsp3) is 0. The molecule has 2 aromatic heterocycles. The molecular weight excluding hydrogens is 301 g/mol. The Labute approximate surface area is 139 Å². The predicted octanol–water partition coefficient (Wildman–Crippen LogP) is 3.49. The molecule has 24 heavy (non-hydrogen) atoms. The first-order valence-corrected chi connectivity index (χ1v) is 7.07. The third kappa shape index (κ3) is 2.82. The minimum absolute atomic E-state index is 0.361. The predicted molar refractivity (Wildman–Crippen MR) is 93.1 cm³/mol. The van der Waals surface area contributed by atoms with E-state index >= 15 is 0 Å². The number of aromatic nitrogens is 2. The van der Waals surface area contributed by atoms with Crippen LogP contribution in [0.15, 0.2) is 48.8 Å². The van der Waals surface area contributed by atoms with E-state index < -0.39 is 5.82 Å². The summed E-state index contributed by atoms with van der Waals surface area (Å²) in [6.07, 6.45) is 13.9. The maximum Gasteiger partial charge on any atom is 0.124 e. The number of nitrogen functional groups attached to an aromatic ring is 1. The number of nitrogens with zero attached hydrogens (tertiary/aromatic N) is 2. The van der Waals surface area contributed by atoms with Crippen LogP contribution in [0.2, 0.25) is 0 Å². The van der Waals surface area contributed by atoms with Crippen molar-refractivity contribution in [1.29, 1.82) is 0 Å². The molecule has 0 aliphatic heterocycles. The van der Waals surface area contributed by atoms with Crippen molar-refractivity contribution >= 4 is 5.69 Å². The van der Waals surface area contributed by atoms with Gasteiger partial charge in [0.1, 0.15) is 5.82 Å². The average Bonchev–Trinajstić information content (AvgIpc) is 2.63.